The second kappa shape index (κ2) is 7.09. The van der Waals surface area contributed by atoms with Crippen molar-refractivity contribution in [3.63, 3.8) is 0 Å². The van der Waals surface area contributed by atoms with E-state index in [2.05, 4.69) is 10.6 Å². The molecule has 1 aliphatic heterocycles. The van der Waals surface area contributed by atoms with Gasteiger partial charge in [-0.05, 0) is 25.9 Å². The molecule has 1 rings (SSSR count). The first-order valence-electron chi connectivity index (χ1n) is 5.66. The van der Waals surface area contributed by atoms with Crippen molar-refractivity contribution in [2.75, 3.05) is 32.8 Å². The van der Waals surface area contributed by atoms with E-state index in [-0.39, 0.29) is 6.42 Å². The van der Waals surface area contributed by atoms with Gasteiger partial charge in [0.05, 0.1) is 13.2 Å². The average Bonchev–Trinajstić information content (AvgIpc) is 2.23. The molecule has 0 aromatic rings. The molecule has 1 aliphatic rings. The Bertz CT molecular complexity index is 181. The lowest BCUT2D eigenvalue weighted by Crippen LogP contribution is -2.42. The first kappa shape index (κ1) is 13.7. The third kappa shape index (κ3) is 7.03. The monoisotopic (exact) mass is 240 g/mol. The Morgan fingerprint density at radius 3 is 2.75 bits per heavy atom. The highest BCUT2D eigenvalue weighted by molar-refractivity contribution is 4.70. The summed E-state index contributed by atoms with van der Waals surface area (Å²) in [7, 11) is 0. The third-order valence-corrected chi connectivity index (χ3v) is 2.48. The van der Waals surface area contributed by atoms with E-state index < -0.39 is 12.6 Å². The Hall–Kier alpha value is -0.330. The molecule has 0 radical (unpaired) electrons. The van der Waals surface area contributed by atoms with Crippen LogP contribution in [-0.2, 0) is 4.74 Å². The maximum absolute atomic E-state index is 11.8. The van der Waals surface area contributed by atoms with Gasteiger partial charge in [-0.15, -0.1) is 0 Å². The second-order valence-corrected chi connectivity index (χ2v) is 3.98. The molecule has 0 bridgehead atoms. The van der Waals surface area contributed by atoms with E-state index in [1.165, 1.54) is 0 Å². The summed E-state index contributed by atoms with van der Waals surface area (Å²) in [6.07, 6.45) is -3.69. The van der Waals surface area contributed by atoms with Crippen molar-refractivity contribution in [2.45, 2.75) is 31.5 Å². The first-order valence-corrected chi connectivity index (χ1v) is 5.66. The zero-order valence-corrected chi connectivity index (χ0v) is 9.28. The van der Waals surface area contributed by atoms with Crippen molar-refractivity contribution < 1.29 is 17.9 Å². The zero-order chi connectivity index (χ0) is 11.9. The van der Waals surface area contributed by atoms with E-state index in [9.17, 15) is 13.2 Å². The van der Waals surface area contributed by atoms with Crippen molar-refractivity contribution in [3.05, 3.63) is 0 Å². The SMILES string of the molecule is FC(F)(F)CCCNCCC1COCCN1. The summed E-state index contributed by atoms with van der Waals surface area (Å²) in [5.74, 6) is 0. The van der Waals surface area contributed by atoms with Crippen molar-refractivity contribution >= 4 is 0 Å². The third-order valence-electron chi connectivity index (χ3n) is 2.48. The highest BCUT2D eigenvalue weighted by Crippen LogP contribution is 2.20. The Kier molecular flexibility index (Phi) is 6.08. The molecule has 1 heterocycles. The van der Waals surface area contributed by atoms with Gasteiger partial charge in [-0.3, -0.25) is 0 Å². The molecule has 2 N–H and O–H groups in total. The topological polar surface area (TPSA) is 33.3 Å². The number of morpholine rings is 1. The van der Waals surface area contributed by atoms with Gasteiger partial charge >= 0.3 is 6.18 Å². The predicted octanol–water partition coefficient (Wildman–Crippen LogP) is 1.30. The predicted molar refractivity (Wildman–Crippen MR) is 55.4 cm³/mol. The fourth-order valence-electron chi connectivity index (χ4n) is 1.62. The zero-order valence-electron chi connectivity index (χ0n) is 9.28. The van der Waals surface area contributed by atoms with Crippen LogP contribution >= 0.6 is 0 Å². The van der Waals surface area contributed by atoms with Gasteiger partial charge in [0.2, 0.25) is 0 Å². The van der Waals surface area contributed by atoms with Crippen LogP contribution in [0.1, 0.15) is 19.3 Å². The normalized spacial score (nSPS) is 22.3. The van der Waals surface area contributed by atoms with E-state index in [4.69, 9.17) is 4.74 Å². The number of rotatable bonds is 6. The number of alkyl halides is 3. The van der Waals surface area contributed by atoms with Crippen LogP contribution in [0.2, 0.25) is 0 Å². The van der Waals surface area contributed by atoms with E-state index in [1.54, 1.807) is 0 Å². The molecule has 1 fully saturated rings. The smallest absolute Gasteiger partial charge is 0.379 e. The molecule has 0 aromatic heterocycles. The van der Waals surface area contributed by atoms with Gasteiger partial charge in [0.15, 0.2) is 0 Å². The molecule has 0 aromatic carbocycles. The van der Waals surface area contributed by atoms with Gasteiger partial charge in [0.25, 0.3) is 0 Å². The Labute approximate surface area is 93.7 Å². The molecule has 96 valence electrons. The fourth-order valence-corrected chi connectivity index (χ4v) is 1.62. The molecule has 6 heteroatoms. The first-order chi connectivity index (χ1) is 7.58. The minimum absolute atomic E-state index is 0.151. The average molecular weight is 240 g/mol. The Balaban J connectivity index is 1.87. The minimum atomic E-state index is -4.03. The molecule has 0 aliphatic carbocycles. The fraction of sp³-hybridized carbons (Fsp3) is 1.00. The lowest BCUT2D eigenvalue weighted by Gasteiger charge is -2.23. The summed E-state index contributed by atoms with van der Waals surface area (Å²) in [6.45, 7) is 3.46. The number of hydrogen-bond donors (Lipinski definition) is 2. The van der Waals surface area contributed by atoms with Crippen LogP contribution in [0.25, 0.3) is 0 Å². The Morgan fingerprint density at radius 2 is 2.12 bits per heavy atom. The summed E-state index contributed by atoms with van der Waals surface area (Å²) in [5, 5.41) is 6.30. The van der Waals surface area contributed by atoms with Crippen LogP contribution < -0.4 is 10.6 Å². The van der Waals surface area contributed by atoms with Crippen molar-refractivity contribution in [1.29, 1.82) is 0 Å². The molecule has 1 unspecified atom stereocenters. The lowest BCUT2D eigenvalue weighted by atomic mass is 10.2. The van der Waals surface area contributed by atoms with Crippen LogP contribution in [0.4, 0.5) is 13.2 Å². The quantitative estimate of drug-likeness (QED) is 0.686. The standard InChI is InChI=1S/C10H19F3N2O/c11-10(12,13)3-1-4-14-5-2-9-8-16-7-6-15-9/h9,14-15H,1-8H2. The van der Waals surface area contributed by atoms with E-state index >= 15 is 0 Å². The summed E-state index contributed by atoms with van der Waals surface area (Å²) < 4.78 is 40.7. The van der Waals surface area contributed by atoms with Crippen molar-refractivity contribution in [3.8, 4) is 0 Å². The van der Waals surface area contributed by atoms with Crippen molar-refractivity contribution in [2.24, 2.45) is 0 Å². The van der Waals surface area contributed by atoms with Gasteiger partial charge in [-0.25, -0.2) is 0 Å². The summed E-state index contributed by atoms with van der Waals surface area (Å²) in [4.78, 5) is 0. The molecular weight excluding hydrogens is 221 g/mol. The number of ether oxygens (including phenoxy) is 1. The van der Waals surface area contributed by atoms with Crippen LogP contribution in [0.5, 0.6) is 0 Å². The van der Waals surface area contributed by atoms with Gasteiger partial charge < -0.3 is 15.4 Å². The highest BCUT2D eigenvalue weighted by Gasteiger charge is 2.25. The number of hydrogen-bond acceptors (Lipinski definition) is 3. The van der Waals surface area contributed by atoms with E-state index in [0.29, 0.717) is 19.2 Å². The second-order valence-electron chi connectivity index (χ2n) is 3.98. The van der Waals surface area contributed by atoms with Crippen LogP contribution in [0, 0.1) is 0 Å². The summed E-state index contributed by atoms with van der Waals surface area (Å²) in [5.41, 5.74) is 0. The minimum Gasteiger partial charge on any atom is -0.379 e. The van der Waals surface area contributed by atoms with Gasteiger partial charge in [-0.2, -0.15) is 13.2 Å². The molecule has 3 nitrogen and oxygen atoms in total. The molecule has 1 saturated heterocycles. The van der Waals surface area contributed by atoms with E-state index in [0.717, 1.165) is 26.1 Å². The summed E-state index contributed by atoms with van der Waals surface area (Å²) in [6, 6.07) is 0.337. The van der Waals surface area contributed by atoms with Crippen LogP contribution in [0.15, 0.2) is 0 Å². The van der Waals surface area contributed by atoms with Gasteiger partial charge in [0, 0.05) is 19.0 Å². The molecule has 0 amide bonds. The Morgan fingerprint density at radius 1 is 1.31 bits per heavy atom. The lowest BCUT2D eigenvalue weighted by molar-refractivity contribution is -0.135. The molecule has 0 saturated carbocycles. The highest BCUT2D eigenvalue weighted by atomic mass is 19.4. The largest absolute Gasteiger partial charge is 0.389 e. The number of halogens is 3. The van der Waals surface area contributed by atoms with Gasteiger partial charge in [0.1, 0.15) is 0 Å². The van der Waals surface area contributed by atoms with Crippen LogP contribution in [0.3, 0.4) is 0 Å². The van der Waals surface area contributed by atoms with E-state index in [1.807, 2.05) is 0 Å². The molecule has 16 heavy (non-hydrogen) atoms. The number of nitrogens with one attached hydrogen (secondary N) is 2. The molecule has 0 spiro atoms. The summed E-state index contributed by atoms with van der Waals surface area (Å²) >= 11 is 0. The van der Waals surface area contributed by atoms with Gasteiger partial charge in [-0.1, -0.05) is 0 Å². The van der Waals surface area contributed by atoms with Crippen LogP contribution in [-0.4, -0.2) is 45.1 Å². The molecule has 1 atom stereocenters. The maximum Gasteiger partial charge on any atom is 0.389 e. The van der Waals surface area contributed by atoms with Crippen molar-refractivity contribution in [1.82, 2.24) is 10.6 Å². The molecular formula is C10H19F3N2O. The maximum atomic E-state index is 11.8.